The predicted molar refractivity (Wildman–Crippen MR) is 86.1 cm³/mol. The molecule has 0 fully saturated rings. The van der Waals surface area contributed by atoms with Gasteiger partial charge in [-0.15, -0.1) is 0 Å². The Morgan fingerprint density at radius 1 is 1.14 bits per heavy atom. The van der Waals surface area contributed by atoms with Gasteiger partial charge in [-0.05, 0) is 42.4 Å². The van der Waals surface area contributed by atoms with Crippen LogP contribution in [-0.2, 0) is 10.0 Å². The number of hydrogen-bond donors (Lipinski definition) is 1. The average Bonchev–Trinajstić information content (AvgIpc) is 2.37. The number of benzene rings is 1. The second-order valence-corrected chi connectivity index (χ2v) is 7.89. The second kappa shape index (κ2) is 7.27. The maximum absolute atomic E-state index is 12.5. The Hall–Kier alpha value is -1.07. The fourth-order valence-corrected chi connectivity index (χ4v) is 3.84. The summed E-state index contributed by atoms with van der Waals surface area (Å²) < 4.78 is 32.9. The van der Waals surface area contributed by atoms with E-state index in [0.717, 1.165) is 5.56 Å². The Morgan fingerprint density at radius 3 is 2.19 bits per heavy atom. The first-order valence-electron chi connectivity index (χ1n) is 7.33. The van der Waals surface area contributed by atoms with Crippen molar-refractivity contribution in [3.63, 3.8) is 0 Å². The molecular weight excluding hydrogens is 286 g/mol. The highest BCUT2D eigenvalue weighted by molar-refractivity contribution is 7.89. The lowest BCUT2D eigenvalue weighted by atomic mass is 9.86. The summed E-state index contributed by atoms with van der Waals surface area (Å²) in [6.07, 6.45) is 0. The molecule has 4 nitrogen and oxygen atoms in total. The van der Waals surface area contributed by atoms with Gasteiger partial charge in [-0.25, -0.2) is 13.1 Å². The minimum atomic E-state index is -3.56. The lowest BCUT2D eigenvalue weighted by molar-refractivity contribution is 0.289. The van der Waals surface area contributed by atoms with E-state index in [-0.39, 0.29) is 4.90 Å². The molecule has 5 heteroatoms. The van der Waals surface area contributed by atoms with Crippen LogP contribution in [0.5, 0.6) is 5.75 Å². The van der Waals surface area contributed by atoms with Gasteiger partial charge in [-0.2, -0.15) is 0 Å². The minimum Gasteiger partial charge on any atom is -0.495 e. The van der Waals surface area contributed by atoms with Crippen molar-refractivity contribution in [1.82, 2.24) is 4.72 Å². The Kier molecular flexibility index (Phi) is 6.23. The molecule has 21 heavy (non-hydrogen) atoms. The summed E-state index contributed by atoms with van der Waals surface area (Å²) in [6.45, 7) is 10.8. The van der Waals surface area contributed by atoms with Crippen molar-refractivity contribution in [3.05, 3.63) is 23.8 Å². The third-order valence-corrected chi connectivity index (χ3v) is 5.28. The van der Waals surface area contributed by atoms with Gasteiger partial charge in [0.05, 0.1) is 7.11 Å². The highest BCUT2D eigenvalue weighted by Crippen LogP contribution is 2.25. The number of ether oxygens (including phenoxy) is 1. The fraction of sp³-hybridized carbons (Fsp3) is 0.625. The number of sulfonamides is 1. The van der Waals surface area contributed by atoms with Crippen molar-refractivity contribution in [2.75, 3.05) is 13.7 Å². The third kappa shape index (κ3) is 4.71. The lowest BCUT2D eigenvalue weighted by Crippen LogP contribution is -2.34. The van der Waals surface area contributed by atoms with Crippen molar-refractivity contribution in [2.45, 2.75) is 39.5 Å². The zero-order valence-electron chi connectivity index (χ0n) is 13.8. The van der Waals surface area contributed by atoms with Crippen LogP contribution in [0.1, 0.15) is 33.3 Å². The number of methoxy groups -OCH3 is 1. The fourth-order valence-electron chi connectivity index (χ4n) is 2.52. The number of aryl methyl sites for hydroxylation is 1. The van der Waals surface area contributed by atoms with Gasteiger partial charge in [0.25, 0.3) is 0 Å². The molecule has 1 N–H and O–H groups in total. The van der Waals surface area contributed by atoms with E-state index in [1.54, 1.807) is 12.1 Å². The zero-order valence-corrected chi connectivity index (χ0v) is 14.6. The van der Waals surface area contributed by atoms with Gasteiger partial charge in [-0.3, -0.25) is 0 Å². The SMILES string of the molecule is COc1ccc(C)cc1S(=O)(=O)NCC(C(C)C)C(C)C. The van der Waals surface area contributed by atoms with Gasteiger partial charge in [0.15, 0.2) is 0 Å². The van der Waals surface area contributed by atoms with E-state index >= 15 is 0 Å². The summed E-state index contributed by atoms with van der Waals surface area (Å²) in [6, 6.07) is 5.16. The molecular formula is C16H27NO3S. The van der Waals surface area contributed by atoms with Crippen LogP contribution in [0.15, 0.2) is 23.1 Å². The number of rotatable bonds is 7. The first-order chi connectivity index (χ1) is 9.69. The van der Waals surface area contributed by atoms with E-state index in [4.69, 9.17) is 4.74 Å². The summed E-state index contributed by atoms with van der Waals surface area (Å²) in [5.74, 6) is 1.52. The Bertz CT molecular complexity index is 557. The van der Waals surface area contributed by atoms with Crippen LogP contribution in [0.3, 0.4) is 0 Å². The molecule has 0 aliphatic rings. The third-order valence-electron chi connectivity index (χ3n) is 3.83. The molecule has 0 heterocycles. The molecule has 0 spiro atoms. The van der Waals surface area contributed by atoms with Gasteiger partial charge < -0.3 is 4.74 Å². The molecule has 0 aromatic heterocycles. The van der Waals surface area contributed by atoms with E-state index in [9.17, 15) is 8.42 Å². The van der Waals surface area contributed by atoms with E-state index in [1.807, 2.05) is 13.0 Å². The van der Waals surface area contributed by atoms with Crippen molar-refractivity contribution in [2.24, 2.45) is 17.8 Å². The van der Waals surface area contributed by atoms with Crippen LogP contribution >= 0.6 is 0 Å². The highest BCUT2D eigenvalue weighted by Gasteiger charge is 2.23. The maximum Gasteiger partial charge on any atom is 0.244 e. The van der Waals surface area contributed by atoms with Crippen molar-refractivity contribution in [3.8, 4) is 5.75 Å². The summed E-state index contributed by atoms with van der Waals surface area (Å²) in [5.41, 5.74) is 0.889. The van der Waals surface area contributed by atoms with Crippen LogP contribution < -0.4 is 9.46 Å². The average molecular weight is 313 g/mol. The lowest BCUT2D eigenvalue weighted by Gasteiger charge is -2.25. The van der Waals surface area contributed by atoms with E-state index in [0.29, 0.717) is 30.0 Å². The summed E-state index contributed by atoms with van der Waals surface area (Å²) >= 11 is 0. The molecule has 0 aliphatic heterocycles. The van der Waals surface area contributed by atoms with Crippen molar-refractivity contribution in [1.29, 1.82) is 0 Å². The van der Waals surface area contributed by atoms with E-state index in [1.165, 1.54) is 7.11 Å². The topological polar surface area (TPSA) is 55.4 Å². The molecule has 0 radical (unpaired) electrons. The molecule has 1 aromatic rings. The zero-order chi connectivity index (χ0) is 16.2. The largest absolute Gasteiger partial charge is 0.495 e. The first kappa shape index (κ1) is 18.0. The normalized spacial score (nSPS) is 12.4. The van der Waals surface area contributed by atoms with E-state index in [2.05, 4.69) is 32.4 Å². The predicted octanol–water partition coefficient (Wildman–Crippen LogP) is 3.21. The van der Waals surface area contributed by atoms with Gasteiger partial charge in [0, 0.05) is 6.54 Å². The van der Waals surface area contributed by atoms with Gasteiger partial charge in [0.1, 0.15) is 10.6 Å². The molecule has 120 valence electrons. The molecule has 1 aromatic carbocycles. The Labute approximate surface area is 129 Å². The van der Waals surface area contributed by atoms with Crippen LogP contribution in [0.25, 0.3) is 0 Å². The molecule has 0 unspecified atom stereocenters. The van der Waals surface area contributed by atoms with Gasteiger partial charge >= 0.3 is 0 Å². The molecule has 0 saturated carbocycles. The summed E-state index contributed by atoms with van der Waals surface area (Å²) in [7, 11) is -2.08. The highest BCUT2D eigenvalue weighted by atomic mass is 32.2. The van der Waals surface area contributed by atoms with Gasteiger partial charge in [-0.1, -0.05) is 33.8 Å². The molecule has 0 amide bonds. The van der Waals surface area contributed by atoms with E-state index < -0.39 is 10.0 Å². The van der Waals surface area contributed by atoms with Crippen molar-refractivity contribution >= 4 is 10.0 Å². The van der Waals surface area contributed by atoms with Gasteiger partial charge in [0.2, 0.25) is 10.0 Å². The van der Waals surface area contributed by atoms with Crippen LogP contribution in [0.4, 0.5) is 0 Å². The molecule has 0 saturated heterocycles. The molecule has 0 atom stereocenters. The van der Waals surface area contributed by atoms with Crippen LogP contribution in [0, 0.1) is 24.7 Å². The van der Waals surface area contributed by atoms with Crippen LogP contribution in [0.2, 0.25) is 0 Å². The molecule has 1 rings (SSSR count). The summed E-state index contributed by atoms with van der Waals surface area (Å²) in [4.78, 5) is 0.205. The molecule has 0 bridgehead atoms. The number of hydrogen-bond acceptors (Lipinski definition) is 3. The Balaban J connectivity index is 2.99. The monoisotopic (exact) mass is 313 g/mol. The molecule has 0 aliphatic carbocycles. The quantitative estimate of drug-likeness (QED) is 0.841. The second-order valence-electron chi connectivity index (χ2n) is 6.16. The van der Waals surface area contributed by atoms with Crippen LogP contribution in [-0.4, -0.2) is 22.1 Å². The minimum absolute atomic E-state index is 0.205. The maximum atomic E-state index is 12.5. The standard InChI is InChI=1S/C16H27NO3S/c1-11(2)14(12(3)4)10-17-21(18,19)16-9-13(5)7-8-15(16)20-6/h7-9,11-12,14,17H,10H2,1-6H3. The smallest absolute Gasteiger partial charge is 0.244 e. The van der Waals surface area contributed by atoms with Crippen molar-refractivity contribution < 1.29 is 13.2 Å². The first-order valence-corrected chi connectivity index (χ1v) is 8.81. The Morgan fingerprint density at radius 2 is 1.71 bits per heavy atom. The number of nitrogens with one attached hydrogen (secondary N) is 1. The summed E-state index contributed by atoms with van der Waals surface area (Å²) in [5, 5.41) is 0.